The summed E-state index contributed by atoms with van der Waals surface area (Å²) in [7, 11) is 1.94. The van der Waals surface area contributed by atoms with Crippen LogP contribution in [0, 0.1) is 0 Å². The minimum Gasteiger partial charge on any atom is -0.358 e. The summed E-state index contributed by atoms with van der Waals surface area (Å²) in [4.78, 5) is 7.31. The summed E-state index contributed by atoms with van der Waals surface area (Å²) < 4.78 is 0. The summed E-state index contributed by atoms with van der Waals surface area (Å²) in [6.45, 7) is 12.6. The lowest BCUT2D eigenvalue weighted by Gasteiger charge is -2.27. The van der Waals surface area contributed by atoms with Gasteiger partial charge in [-0.15, -0.1) is 0 Å². The van der Waals surface area contributed by atoms with Crippen LogP contribution in [0.25, 0.3) is 0 Å². The van der Waals surface area contributed by atoms with E-state index >= 15 is 0 Å². The number of nitrogens with zero attached hydrogens (tertiary/aromatic N) is 2. The van der Waals surface area contributed by atoms with Gasteiger partial charge in [0.2, 0.25) is 0 Å². The number of benzene rings is 2. The first kappa shape index (κ1) is 25.3. The number of hydrogen-bond acceptors (Lipinski definition) is 3. The van der Waals surface area contributed by atoms with E-state index in [1.165, 1.54) is 45.0 Å². The van der Waals surface area contributed by atoms with Gasteiger partial charge in [-0.05, 0) is 72.2 Å². The molecule has 0 radical (unpaired) electrons. The molecule has 0 spiro atoms. The molecule has 0 atom stereocenters. The van der Waals surface area contributed by atoms with E-state index in [9.17, 15) is 0 Å². The van der Waals surface area contributed by atoms with Crippen molar-refractivity contribution >= 4 is 17.1 Å². The Kier molecular flexibility index (Phi) is 6.74. The SMILES string of the molecule is CCCN1/C(=C/C=C2\CCCC(=CC=C3Nc4ccccc4C3(C)C)C2=NC)C(C)(C)c2ccccc21. The summed E-state index contributed by atoms with van der Waals surface area (Å²) >= 11 is 0. The highest BCUT2D eigenvalue weighted by Crippen LogP contribution is 2.48. The van der Waals surface area contributed by atoms with Crippen molar-refractivity contribution in [2.75, 3.05) is 23.8 Å². The first-order valence-electron chi connectivity index (χ1n) is 13.8. The second kappa shape index (κ2) is 9.85. The number of nitrogens with one attached hydrogen (secondary N) is 1. The van der Waals surface area contributed by atoms with E-state index in [0.717, 1.165) is 37.9 Å². The standard InChI is InChI=1S/C34H41N3/c1-7-23-37-29-18-11-9-16-27(29)34(4,5)31(37)22-20-25-14-12-13-24(32(25)35-6)19-21-30-33(2,3)26-15-8-10-17-28(26)36-30/h8-11,15-22,36H,7,12-14,23H2,1-6H3/b24-19?,25-20+,30-21?,31-22+,35-32?. The van der Waals surface area contributed by atoms with Crippen LogP contribution in [-0.4, -0.2) is 19.3 Å². The molecule has 1 saturated carbocycles. The van der Waals surface area contributed by atoms with Crippen LogP contribution in [0.15, 0.2) is 100 Å². The molecule has 5 rings (SSSR count). The van der Waals surface area contributed by atoms with Gasteiger partial charge in [0.15, 0.2) is 0 Å². The van der Waals surface area contributed by atoms with E-state index < -0.39 is 0 Å². The molecule has 2 aromatic rings. The van der Waals surface area contributed by atoms with Crippen LogP contribution in [0.3, 0.4) is 0 Å². The molecule has 0 saturated heterocycles. The van der Waals surface area contributed by atoms with Crippen molar-refractivity contribution in [3.8, 4) is 0 Å². The van der Waals surface area contributed by atoms with E-state index in [2.05, 4.69) is 118 Å². The summed E-state index contributed by atoms with van der Waals surface area (Å²) in [5.41, 5.74) is 11.8. The normalized spacial score (nSPS) is 25.2. The van der Waals surface area contributed by atoms with E-state index in [0.29, 0.717) is 0 Å². The molecule has 0 aromatic heterocycles. The number of rotatable bonds is 4. The largest absolute Gasteiger partial charge is 0.358 e. The fourth-order valence-corrected chi connectivity index (χ4v) is 6.33. The average molecular weight is 492 g/mol. The zero-order valence-corrected chi connectivity index (χ0v) is 23.4. The molecule has 2 aliphatic heterocycles. The quantitative estimate of drug-likeness (QED) is 0.464. The maximum Gasteiger partial charge on any atom is 0.0634 e. The Morgan fingerprint density at radius 2 is 1.49 bits per heavy atom. The van der Waals surface area contributed by atoms with Crippen LogP contribution < -0.4 is 10.2 Å². The van der Waals surface area contributed by atoms with E-state index in [1.807, 2.05) is 7.05 Å². The van der Waals surface area contributed by atoms with Crippen LogP contribution in [0.4, 0.5) is 11.4 Å². The molecule has 0 amide bonds. The van der Waals surface area contributed by atoms with Crippen molar-refractivity contribution < 1.29 is 0 Å². The van der Waals surface area contributed by atoms with Gasteiger partial charge in [-0.2, -0.15) is 0 Å². The number of fused-ring (bicyclic) bond motifs is 2. The van der Waals surface area contributed by atoms with Gasteiger partial charge in [-0.1, -0.05) is 83.2 Å². The predicted octanol–water partition coefficient (Wildman–Crippen LogP) is 8.47. The first-order valence-corrected chi connectivity index (χ1v) is 13.8. The minimum atomic E-state index is -0.0271. The Labute approximate surface area is 223 Å². The smallest absolute Gasteiger partial charge is 0.0634 e. The third kappa shape index (κ3) is 4.39. The molecule has 0 unspecified atom stereocenters. The second-order valence-corrected chi connectivity index (χ2v) is 11.5. The maximum atomic E-state index is 4.80. The molecule has 3 nitrogen and oxygen atoms in total. The Hall–Kier alpha value is -3.33. The highest BCUT2D eigenvalue weighted by molar-refractivity contribution is 6.13. The molecular formula is C34H41N3. The van der Waals surface area contributed by atoms with Crippen molar-refractivity contribution in [2.45, 2.75) is 71.1 Å². The van der Waals surface area contributed by atoms with Crippen molar-refractivity contribution in [3.63, 3.8) is 0 Å². The van der Waals surface area contributed by atoms with Crippen LogP contribution in [0.1, 0.15) is 71.4 Å². The lowest BCUT2D eigenvalue weighted by Crippen LogP contribution is -2.26. The van der Waals surface area contributed by atoms with Gasteiger partial charge in [-0.3, -0.25) is 4.99 Å². The third-order valence-electron chi connectivity index (χ3n) is 8.41. The predicted molar refractivity (Wildman–Crippen MR) is 160 cm³/mol. The van der Waals surface area contributed by atoms with Gasteiger partial charge in [0.05, 0.1) is 5.71 Å². The zero-order chi connectivity index (χ0) is 26.2. The molecule has 192 valence electrons. The third-order valence-corrected chi connectivity index (χ3v) is 8.41. The molecule has 37 heavy (non-hydrogen) atoms. The molecule has 1 aliphatic carbocycles. The van der Waals surface area contributed by atoms with Gasteiger partial charge >= 0.3 is 0 Å². The Bertz CT molecular complexity index is 1350. The van der Waals surface area contributed by atoms with Gasteiger partial charge in [-0.25, -0.2) is 0 Å². The molecule has 3 heteroatoms. The summed E-state index contributed by atoms with van der Waals surface area (Å²) in [5.74, 6) is 0. The number of para-hydroxylation sites is 2. The molecular weight excluding hydrogens is 450 g/mol. The highest BCUT2D eigenvalue weighted by Gasteiger charge is 2.39. The lowest BCUT2D eigenvalue weighted by molar-refractivity contribution is 0.629. The highest BCUT2D eigenvalue weighted by atomic mass is 15.2. The number of aliphatic imine (C=N–C) groups is 1. The van der Waals surface area contributed by atoms with Crippen LogP contribution in [-0.2, 0) is 10.8 Å². The Morgan fingerprint density at radius 1 is 0.838 bits per heavy atom. The zero-order valence-electron chi connectivity index (χ0n) is 23.4. The van der Waals surface area contributed by atoms with Crippen molar-refractivity contribution in [1.29, 1.82) is 0 Å². The molecule has 1 N–H and O–H groups in total. The fourth-order valence-electron chi connectivity index (χ4n) is 6.33. The van der Waals surface area contributed by atoms with E-state index in [1.54, 1.807) is 0 Å². The van der Waals surface area contributed by atoms with Crippen LogP contribution in [0.5, 0.6) is 0 Å². The number of anilines is 2. The summed E-state index contributed by atoms with van der Waals surface area (Å²) in [5, 5.41) is 3.65. The Balaban J connectivity index is 1.46. The van der Waals surface area contributed by atoms with Crippen molar-refractivity contribution in [1.82, 2.24) is 0 Å². The summed E-state index contributed by atoms with van der Waals surface area (Å²) in [6.07, 6.45) is 13.7. The minimum absolute atomic E-state index is 0.0151. The lowest BCUT2D eigenvalue weighted by atomic mass is 9.82. The molecule has 0 bridgehead atoms. The van der Waals surface area contributed by atoms with E-state index in [-0.39, 0.29) is 10.8 Å². The van der Waals surface area contributed by atoms with Crippen molar-refractivity contribution in [2.24, 2.45) is 4.99 Å². The maximum absolute atomic E-state index is 4.80. The second-order valence-electron chi connectivity index (χ2n) is 11.5. The molecule has 1 fully saturated rings. The van der Waals surface area contributed by atoms with Crippen molar-refractivity contribution in [3.05, 3.63) is 107 Å². The monoisotopic (exact) mass is 491 g/mol. The van der Waals surface area contributed by atoms with Gasteiger partial charge in [0.25, 0.3) is 0 Å². The average Bonchev–Trinajstić information content (AvgIpc) is 3.28. The first-order chi connectivity index (χ1) is 17.8. The Morgan fingerprint density at radius 3 is 2.16 bits per heavy atom. The number of allylic oxidation sites excluding steroid dienone is 8. The van der Waals surface area contributed by atoms with Gasteiger partial charge in [0, 0.05) is 47.2 Å². The summed E-state index contributed by atoms with van der Waals surface area (Å²) in [6, 6.07) is 17.5. The van der Waals surface area contributed by atoms with Gasteiger partial charge in [0.1, 0.15) is 0 Å². The topological polar surface area (TPSA) is 27.6 Å². The molecule has 2 heterocycles. The fraction of sp³-hybridized carbons (Fsp3) is 0.382. The van der Waals surface area contributed by atoms with Gasteiger partial charge < -0.3 is 10.2 Å². The van der Waals surface area contributed by atoms with Crippen LogP contribution in [0.2, 0.25) is 0 Å². The van der Waals surface area contributed by atoms with E-state index in [4.69, 9.17) is 4.99 Å². The molecule has 2 aromatic carbocycles. The van der Waals surface area contributed by atoms with Crippen LogP contribution >= 0.6 is 0 Å². The number of hydrogen-bond donors (Lipinski definition) is 1. The molecule has 3 aliphatic rings.